The second kappa shape index (κ2) is 14.2. The number of anilines is 1. The number of hydrogen-bond acceptors (Lipinski definition) is 7. The highest BCUT2D eigenvalue weighted by atomic mass is 79.9. The van der Waals surface area contributed by atoms with Gasteiger partial charge in [-0.05, 0) is 66.9 Å². The Bertz CT molecular complexity index is 1470. The van der Waals surface area contributed by atoms with Gasteiger partial charge in [-0.2, -0.15) is 5.10 Å². The summed E-state index contributed by atoms with van der Waals surface area (Å²) in [5.74, 6) is -2.39. The third-order valence-electron chi connectivity index (χ3n) is 6.40. The predicted molar refractivity (Wildman–Crippen MR) is 157 cm³/mol. The molecule has 3 aromatic rings. The summed E-state index contributed by atoms with van der Waals surface area (Å²) in [6.07, 6.45) is 6.46. The fourth-order valence-electron chi connectivity index (χ4n) is 4.32. The van der Waals surface area contributed by atoms with Gasteiger partial charge in [0.15, 0.2) is 11.5 Å². The number of nitrogens with one attached hydrogen (secondary N) is 3. The summed E-state index contributed by atoms with van der Waals surface area (Å²) >= 11 is 3.32. The van der Waals surface area contributed by atoms with E-state index in [9.17, 15) is 19.2 Å². The van der Waals surface area contributed by atoms with Gasteiger partial charge in [-0.3, -0.25) is 14.4 Å². The van der Waals surface area contributed by atoms with Crippen molar-refractivity contribution in [3.8, 4) is 11.5 Å². The van der Waals surface area contributed by atoms with Crippen LogP contribution in [-0.4, -0.2) is 43.1 Å². The van der Waals surface area contributed by atoms with Crippen molar-refractivity contribution < 1.29 is 28.7 Å². The average molecular weight is 621 g/mol. The molecule has 1 saturated carbocycles. The highest BCUT2D eigenvalue weighted by Gasteiger charge is 2.21. The van der Waals surface area contributed by atoms with Gasteiger partial charge in [-0.15, -0.1) is 0 Å². The topological polar surface area (TPSA) is 135 Å². The van der Waals surface area contributed by atoms with Crippen LogP contribution in [-0.2, 0) is 9.59 Å². The molecule has 3 aromatic carbocycles. The molecule has 0 aromatic heterocycles. The maximum atomic E-state index is 12.8. The van der Waals surface area contributed by atoms with Crippen LogP contribution < -0.4 is 25.5 Å². The van der Waals surface area contributed by atoms with Crippen molar-refractivity contribution in [1.29, 1.82) is 0 Å². The summed E-state index contributed by atoms with van der Waals surface area (Å²) in [7, 11) is 1.42. The summed E-state index contributed by atoms with van der Waals surface area (Å²) in [6.45, 7) is 0. The van der Waals surface area contributed by atoms with Crippen LogP contribution in [0.2, 0.25) is 0 Å². The van der Waals surface area contributed by atoms with E-state index in [-0.39, 0.29) is 34.7 Å². The maximum absolute atomic E-state index is 12.8. The van der Waals surface area contributed by atoms with Gasteiger partial charge in [-0.25, -0.2) is 10.2 Å². The van der Waals surface area contributed by atoms with E-state index >= 15 is 0 Å². The molecule has 0 heterocycles. The Morgan fingerprint density at radius 1 is 0.902 bits per heavy atom. The molecule has 3 amide bonds. The van der Waals surface area contributed by atoms with Gasteiger partial charge in [-0.1, -0.05) is 53.4 Å². The number of esters is 1. The quantitative estimate of drug-likeness (QED) is 0.109. The van der Waals surface area contributed by atoms with Crippen LogP contribution in [0, 0.1) is 0 Å². The summed E-state index contributed by atoms with van der Waals surface area (Å²) in [4.78, 5) is 50.2. The van der Waals surface area contributed by atoms with E-state index in [1.807, 2.05) is 0 Å². The average Bonchev–Trinajstić information content (AvgIpc) is 2.98. The Kier molecular flexibility index (Phi) is 10.2. The Hall–Kier alpha value is -4.51. The zero-order valence-corrected chi connectivity index (χ0v) is 23.9. The molecule has 1 fully saturated rings. The second-order valence-corrected chi connectivity index (χ2v) is 10.2. The van der Waals surface area contributed by atoms with Gasteiger partial charge in [0.05, 0.1) is 30.1 Å². The van der Waals surface area contributed by atoms with Crippen molar-refractivity contribution in [3.63, 3.8) is 0 Å². The summed E-state index contributed by atoms with van der Waals surface area (Å²) < 4.78 is 11.5. The summed E-state index contributed by atoms with van der Waals surface area (Å²) in [5.41, 5.74) is 3.53. The first-order valence-corrected chi connectivity index (χ1v) is 13.8. The Morgan fingerprint density at radius 3 is 2.44 bits per heavy atom. The SMILES string of the molecule is COc1cc(C=NNC(=O)C(=O)Nc2ccccc2C(=O)NC2CCCCC2)ccc1OC(=O)c1cccc(Br)c1. The van der Waals surface area contributed by atoms with Crippen molar-refractivity contribution in [1.82, 2.24) is 10.7 Å². The molecule has 10 nitrogen and oxygen atoms in total. The number of hydrogen-bond donors (Lipinski definition) is 3. The number of carbonyl (C=O) groups is 4. The standard InChI is InChI=1S/C30H29BrN4O6/c1-40-26-16-19(14-15-25(26)41-30(39)20-8-7-9-21(31)17-20)18-32-35-29(38)28(37)34-24-13-6-5-12-23(24)27(36)33-22-10-3-2-4-11-22/h5-9,12-18,22H,2-4,10-11H2,1H3,(H,33,36)(H,34,37)(H,35,38). The van der Waals surface area contributed by atoms with Crippen molar-refractivity contribution in [2.45, 2.75) is 38.1 Å². The largest absolute Gasteiger partial charge is 0.493 e. The van der Waals surface area contributed by atoms with Crippen LogP contribution in [0.15, 0.2) is 76.3 Å². The Balaban J connectivity index is 1.34. The molecule has 0 spiro atoms. The summed E-state index contributed by atoms with van der Waals surface area (Å²) in [5, 5.41) is 9.32. The first kappa shape index (κ1) is 29.5. The number of hydrazone groups is 1. The number of nitrogens with zero attached hydrogens (tertiary/aromatic N) is 1. The minimum Gasteiger partial charge on any atom is -0.493 e. The van der Waals surface area contributed by atoms with E-state index in [4.69, 9.17) is 9.47 Å². The molecule has 41 heavy (non-hydrogen) atoms. The van der Waals surface area contributed by atoms with E-state index in [0.717, 1.165) is 36.6 Å². The van der Waals surface area contributed by atoms with Gasteiger partial charge in [0.2, 0.25) is 0 Å². The molecule has 0 bridgehead atoms. The lowest BCUT2D eigenvalue weighted by molar-refractivity contribution is -0.136. The van der Waals surface area contributed by atoms with E-state index in [2.05, 4.69) is 37.1 Å². The van der Waals surface area contributed by atoms with Crippen LogP contribution in [0.25, 0.3) is 0 Å². The van der Waals surface area contributed by atoms with Crippen molar-refractivity contribution in [2.75, 3.05) is 12.4 Å². The number of ether oxygens (including phenoxy) is 2. The molecule has 0 unspecified atom stereocenters. The second-order valence-electron chi connectivity index (χ2n) is 9.32. The lowest BCUT2D eigenvalue weighted by Crippen LogP contribution is -2.37. The Morgan fingerprint density at radius 2 is 1.68 bits per heavy atom. The van der Waals surface area contributed by atoms with Crippen molar-refractivity contribution in [2.24, 2.45) is 5.10 Å². The minimum absolute atomic E-state index is 0.101. The lowest BCUT2D eigenvalue weighted by Gasteiger charge is -2.23. The number of para-hydroxylation sites is 1. The number of halogens is 1. The molecule has 1 aliphatic rings. The van der Waals surface area contributed by atoms with Gasteiger partial charge >= 0.3 is 17.8 Å². The number of amides is 3. The molecule has 4 rings (SSSR count). The van der Waals surface area contributed by atoms with Gasteiger partial charge in [0.1, 0.15) is 0 Å². The van der Waals surface area contributed by atoms with Crippen LogP contribution in [0.1, 0.15) is 58.4 Å². The number of carbonyl (C=O) groups excluding carboxylic acids is 4. The minimum atomic E-state index is -1.02. The fraction of sp³-hybridized carbons (Fsp3) is 0.233. The van der Waals surface area contributed by atoms with Crippen LogP contribution in [0.4, 0.5) is 5.69 Å². The molecule has 212 valence electrons. The normalized spacial score (nSPS) is 13.3. The van der Waals surface area contributed by atoms with Crippen LogP contribution in [0.5, 0.6) is 11.5 Å². The number of rotatable bonds is 8. The smallest absolute Gasteiger partial charge is 0.343 e. The number of benzene rings is 3. The summed E-state index contributed by atoms with van der Waals surface area (Å²) in [6, 6.07) is 18.1. The highest BCUT2D eigenvalue weighted by Crippen LogP contribution is 2.28. The zero-order chi connectivity index (χ0) is 29.2. The fourth-order valence-corrected chi connectivity index (χ4v) is 4.72. The predicted octanol–water partition coefficient (Wildman–Crippen LogP) is 4.83. The van der Waals surface area contributed by atoms with E-state index in [1.165, 1.54) is 19.4 Å². The van der Waals surface area contributed by atoms with Crippen molar-refractivity contribution >= 4 is 51.5 Å². The molecule has 0 saturated heterocycles. The molecule has 1 aliphatic carbocycles. The first-order chi connectivity index (χ1) is 19.8. The number of methoxy groups -OCH3 is 1. The molecular weight excluding hydrogens is 592 g/mol. The first-order valence-electron chi connectivity index (χ1n) is 13.0. The van der Waals surface area contributed by atoms with Gasteiger partial charge < -0.3 is 20.1 Å². The third-order valence-corrected chi connectivity index (χ3v) is 6.89. The Labute approximate surface area is 245 Å². The van der Waals surface area contributed by atoms with Crippen LogP contribution >= 0.6 is 15.9 Å². The van der Waals surface area contributed by atoms with E-state index in [1.54, 1.807) is 60.7 Å². The van der Waals surface area contributed by atoms with Crippen LogP contribution in [0.3, 0.4) is 0 Å². The molecule has 0 atom stereocenters. The zero-order valence-electron chi connectivity index (χ0n) is 22.3. The van der Waals surface area contributed by atoms with Crippen molar-refractivity contribution in [3.05, 3.63) is 87.9 Å². The molecule has 3 N–H and O–H groups in total. The molecule has 11 heteroatoms. The van der Waals surface area contributed by atoms with Gasteiger partial charge in [0.25, 0.3) is 5.91 Å². The molecule has 0 radical (unpaired) electrons. The molecule has 0 aliphatic heterocycles. The third kappa shape index (κ3) is 8.24. The monoisotopic (exact) mass is 620 g/mol. The van der Waals surface area contributed by atoms with E-state index < -0.39 is 17.8 Å². The maximum Gasteiger partial charge on any atom is 0.343 e. The van der Waals surface area contributed by atoms with E-state index in [0.29, 0.717) is 11.1 Å². The highest BCUT2D eigenvalue weighted by molar-refractivity contribution is 9.10. The lowest BCUT2D eigenvalue weighted by atomic mass is 9.95. The van der Waals surface area contributed by atoms with Gasteiger partial charge in [0, 0.05) is 10.5 Å². The molecular formula is C30H29BrN4O6.